The smallest absolute Gasteiger partial charge is 0.349 e. The number of benzene rings is 1. The van der Waals surface area contributed by atoms with Crippen molar-refractivity contribution in [1.82, 2.24) is 4.57 Å². The standard InChI is InChI=1S/C21H18F3NO/c1-2-11-25-13-18(15-7-4-3-5-8-15)20(26)19(14-25)16-9-6-10-17(12-16)21(22,23)24/h2-4,6-7,9-10,12-14H,1,5,8,11H2. The van der Waals surface area contributed by atoms with Crippen molar-refractivity contribution in [3.05, 3.63) is 88.9 Å². The Balaban J connectivity index is 2.19. The lowest BCUT2D eigenvalue weighted by Gasteiger charge is -2.15. The van der Waals surface area contributed by atoms with Crippen molar-refractivity contribution >= 4 is 5.57 Å². The minimum absolute atomic E-state index is 0.255. The van der Waals surface area contributed by atoms with E-state index in [1.807, 2.05) is 18.2 Å². The molecule has 0 saturated carbocycles. The second-order valence-corrected chi connectivity index (χ2v) is 6.14. The maximum absolute atomic E-state index is 13.0. The van der Waals surface area contributed by atoms with E-state index in [2.05, 4.69) is 6.58 Å². The quantitative estimate of drug-likeness (QED) is 0.667. The minimum atomic E-state index is -4.45. The lowest BCUT2D eigenvalue weighted by Crippen LogP contribution is -2.16. The lowest BCUT2D eigenvalue weighted by atomic mass is 9.95. The van der Waals surface area contributed by atoms with Crippen LogP contribution in [-0.4, -0.2) is 4.57 Å². The molecule has 1 aliphatic rings. The summed E-state index contributed by atoms with van der Waals surface area (Å²) in [5, 5.41) is 0. The van der Waals surface area contributed by atoms with Crippen LogP contribution in [0.5, 0.6) is 0 Å². The summed E-state index contributed by atoms with van der Waals surface area (Å²) < 4.78 is 40.9. The van der Waals surface area contributed by atoms with Gasteiger partial charge in [-0.05, 0) is 36.1 Å². The molecule has 0 spiro atoms. The van der Waals surface area contributed by atoms with E-state index in [0.717, 1.165) is 30.5 Å². The summed E-state index contributed by atoms with van der Waals surface area (Å²) >= 11 is 0. The molecule has 0 unspecified atom stereocenters. The van der Waals surface area contributed by atoms with Crippen LogP contribution in [0, 0.1) is 0 Å². The number of rotatable bonds is 4. The van der Waals surface area contributed by atoms with Gasteiger partial charge in [-0.3, -0.25) is 4.79 Å². The number of pyridine rings is 1. The highest BCUT2D eigenvalue weighted by Gasteiger charge is 2.30. The van der Waals surface area contributed by atoms with Gasteiger partial charge in [0, 0.05) is 30.1 Å². The van der Waals surface area contributed by atoms with E-state index in [0.29, 0.717) is 12.1 Å². The molecule has 0 saturated heterocycles. The monoisotopic (exact) mass is 357 g/mol. The van der Waals surface area contributed by atoms with Crippen LogP contribution in [0.15, 0.2) is 72.3 Å². The molecule has 26 heavy (non-hydrogen) atoms. The van der Waals surface area contributed by atoms with Crippen molar-refractivity contribution in [1.29, 1.82) is 0 Å². The molecular formula is C21H18F3NO. The van der Waals surface area contributed by atoms with Gasteiger partial charge < -0.3 is 4.57 Å². The molecule has 5 heteroatoms. The van der Waals surface area contributed by atoms with Crippen molar-refractivity contribution in [2.24, 2.45) is 0 Å². The number of aromatic nitrogens is 1. The van der Waals surface area contributed by atoms with Gasteiger partial charge in [0.25, 0.3) is 0 Å². The molecule has 1 heterocycles. The number of allylic oxidation sites excluding steroid dienone is 5. The Bertz CT molecular complexity index is 948. The normalized spacial score (nSPS) is 14.2. The highest BCUT2D eigenvalue weighted by molar-refractivity contribution is 5.73. The zero-order chi connectivity index (χ0) is 18.7. The summed E-state index contributed by atoms with van der Waals surface area (Å²) in [6.07, 6.45) is 7.91. The summed E-state index contributed by atoms with van der Waals surface area (Å²) in [6, 6.07) is 4.88. The van der Waals surface area contributed by atoms with E-state index in [9.17, 15) is 18.0 Å². The molecule has 0 bridgehead atoms. The molecule has 1 aromatic heterocycles. The van der Waals surface area contributed by atoms with Gasteiger partial charge in [0.05, 0.1) is 5.56 Å². The Morgan fingerprint density at radius 2 is 1.96 bits per heavy atom. The van der Waals surface area contributed by atoms with Gasteiger partial charge in [0.15, 0.2) is 5.43 Å². The van der Waals surface area contributed by atoms with E-state index in [4.69, 9.17) is 0 Å². The Hall–Kier alpha value is -2.82. The molecule has 0 aliphatic heterocycles. The van der Waals surface area contributed by atoms with Crippen LogP contribution in [-0.2, 0) is 12.7 Å². The minimum Gasteiger partial charge on any atom is -0.349 e. The third-order valence-electron chi connectivity index (χ3n) is 4.28. The number of hydrogen-bond donors (Lipinski definition) is 0. The number of halogens is 3. The van der Waals surface area contributed by atoms with Gasteiger partial charge in [-0.15, -0.1) is 6.58 Å². The molecule has 2 nitrogen and oxygen atoms in total. The first kappa shape index (κ1) is 18.0. The third kappa shape index (κ3) is 3.72. The van der Waals surface area contributed by atoms with Crippen LogP contribution in [0.4, 0.5) is 13.2 Å². The van der Waals surface area contributed by atoms with Crippen molar-refractivity contribution in [3.8, 4) is 11.1 Å². The summed E-state index contributed by atoms with van der Waals surface area (Å²) in [6.45, 7) is 4.16. The predicted octanol–water partition coefficient (Wildman–Crippen LogP) is 5.45. The molecule has 0 atom stereocenters. The number of hydrogen-bond acceptors (Lipinski definition) is 1. The summed E-state index contributed by atoms with van der Waals surface area (Å²) in [4.78, 5) is 13.0. The maximum atomic E-state index is 13.0. The summed E-state index contributed by atoms with van der Waals surface area (Å²) in [7, 11) is 0. The highest BCUT2D eigenvalue weighted by atomic mass is 19.4. The zero-order valence-corrected chi connectivity index (χ0v) is 14.1. The molecule has 1 aliphatic carbocycles. The predicted molar refractivity (Wildman–Crippen MR) is 97.7 cm³/mol. The molecular weight excluding hydrogens is 339 g/mol. The topological polar surface area (TPSA) is 22.0 Å². The average Bonchev–Trinajstić information content (AvgIpc) is 2.63. The molecule has 1 aromatic carbocycles. The van der Waals surface area contributed by atoms with E-state index in [1.54, 1.807) is 23.0 Å². The Labute approximate surface area is 149 Å². The second-order valence-electron chi connectivity index (χ2n) is 6.14. The van der Waals surface area contributed by atoms with Crippen LogP contribution in [0.1, 0.15) is 24.0 Å². The van der Waals surface area contributed by atoms with Crippen molar-refractivity contribution in [2.45, 2.75) is 25.6 Å². The molecule has 3 rings (SSSR count). The van der Waals surface area contributed by atoms with Gasteiger partial charge in [-0.25, -0.2) is 0 Å². The Kier molecular flexibility index (Phi) is 4.98. The van der Waals surface area contributed by atoms with Crippen molar-refractivity contribution in [2.75, 3.05) is 0 Å². The second kappa shape index (κ2) is 7.20. The molecule has 134 valence electrons. The van der Waals surface area contributed by atoms with E-state index < -0.39 is 11.7 Å². The first-order valence-electron chi connectivity index (χ1n) is 8.29. The van der Waals surface area contributed by atoms with Crippen LogP contribution in [0.25, 0.3) is 16.7 Å². The van der Waals surface area contributed by atoms with Crippen LogP contribution < -0.4 is 5.43 Å². The van der Waals surface area contributed by atoms with Crippen molar-refractivity contribution < 1.29 is 13.2 Å². The molecule has 0 amide bonds. The van der Waals surface area contributed by atoms with E-state index in [-0.39, 0.29) is 16.6 Å². The van der Waals surface area contributed by atoms with Gasteiger partial charge in [-0.1, -0.05) is 36.4 Å². The van der Waals surface area contributed by atoms with Crippen molar-refractivity contribution in [3.63, 3.8) is 0 Å². The average molecular weight is 357 g/mol. The fourth-order valence-electron chi connectivity index (χ4n) is 3.01. The molecule has 0 fully saturated rings. The zero-order valence-electron chi connectivity index (χ0n) is 14.1. The van der Waals surface area contributed by atoms with Crippen LogP contribution in [0.2, 0.25) is 0 Å². The van der Waals surface area contributed by atoms with E-state index in [1.165, 1.54) is 12.1 Å². The van der Waals surface area contributed by atoms with E-state index >= 15 is 0 Å². The van der Waals surface area contributed by atoms with Gasteiger partial charge in [0.2, 0.25) is 0 Å². The van der Waals surface area contributed by atoms with Gasteiger partial charge in [-0.2, -0.15) is 13.2 Å². The van der Waals surface area contributed by atoms with Gasteiger partial charge in [0.1, 0.15) is 0 Å². The first-order chi connectivity index (χ1) is 12.4. The number of nitrogens with zero attached hydrogens (tertiary/aromatic N) is 1. The lowest BCUT2D eigenvalue weighted by molar-refractivity contribution is -0.137. The summed E-state index contributed by atoms with van der Waals surface area (Å²) in [5.41, 5.74) is 0.902. The molecule has 0 N–H and O–H groups in total. The first-order valence-corrected chi connectivity index (χ1v) is 8.29. The third-order valence-corrected chi connectivity index (χ3v) is 4.28. The van der Waals surface area contributed by atoms with Crippen LogP contribution >= 0.6 is 0 Å². The SMILES string of the molecule is C=CCn1cc(C2=CC=CCC2)c(=O)c(-c2cccc(C(F)(F)F)c2)c1. The molecule has 0 radical (unpaired) electrons. The van der Waals surface area contributed by atoms with Crippen LogP contribution in [0.3, 0.4) is 0 Å². The fraction of sp³-hybridized carbons (Fsp3) is 0.190. The maximum Gasteiger partial charge on any atom is 0.416 e. The fourth-order valence-corrected chi connectivity index (χ4v) is 3.01. The summed E-state index contributed by atoms with van der Waals surface area (Å²) in [5.74, 6) is 0. The molecule has 2 aromatic rings. The Morgan fingerprint density at radius 1 is 1.19 bits per heavy atom. The largest absolute Gasteiger partial charge is 0.416 e. The Morgan fingerprint density at radius 3 is 2.62 bits per heavy atom. The van der Waals surface area contributed by atoms with Gasteiger partial charge >= 0.3 is 6.18 Å². The highest BCUT2D eigenvalue weighted by Crippen LogP contribution is 2.32. The number of alkyl halides is 3.